The van der Waals surface area contributed by atoms with E-state index in [2.05, 4.69) is 40.5 Å². The first-order chi connectivity index (χ1) is 20.5. The van der Waals surface area contributed by atoms with Crippen molar-refractivity contribution < 1.29 is 17.9 Å². The number of likely N-dealkylation sites (tertiary alicyclic amines) is 1. The van der Waals surface area contributed by atoms with E-state index < -0.39 is 11.7 Å². The summed E-state index contributed by atoms with van der Waals surface area (Å²) < 4.78 is 51.0. The summed E-state index contributed by atoms with van der Waals surface area (Å²) in [4.78, 5) is 17.5. The minimum atomic E-state index is -4.51. The molecule has 1 aliphatic heterocycles. The summed E-state index contributed by atoms with van der Waals surface area (Å²) in [5.74, 6) is 1.51. The van der Waals surface area contributed by atoms with Gasteiger partial charge >= 0.3 is 6.18 Å². The summed E-state index contributed by atoms with van der Waals surface area (Å²) >= 11 is 6.77. The molecule has 1 fully saturated rings. The number of aryl methyl sites for hydroxylation is 1. The molecule has 15 heteroatoms. The van der Waals surface area contributed by atoms with E-state index in [1.165, 1.54) is 12.3 Å². The quantitative estimate of drug-likeness (QED) is 0.238. The van der Waals surface area contributed by atoms with Crippen LogP contribution in [-0.4, -0.2) is 79.2 Å². The molecule has 1 aromatic carbocycles. The second-order valence-electron chi connectivity index (χ2n) is 10.7. The number of likely N-dealkylation sites (N-methyl/N-ethyl adjacent to an activating group) is 1. The molecule has 5 heterocycles. The Labute approximate surface area is 250 Å². The maximum atomic E-state index is 13.9. The van der Waals surface area contributed by atoms with Crippen molar-refractivity contribution in [2.24, 2.45) is 7.05 Å². The fourth-order valence-corrected chi connectivity index (χ4v) is 5.67. The van der Waals surface area contributed by atoms with E-state index in [1.54, 1.807) is 47.8 Å². The molecule has 1 atom stereocenters. The van der Waals surface area contributed by atoms with Crippen LogP contribution in [0.3, 0.4) is 0 Å². The predicted octanol–water partition coefficient (Wildman–Crippen LogP) is 5.40. The van der Waals surface area contributed by atoms with Gasteiger partial charge < -0.3 is 24.8 Å². The zero-order valence-corrected chi connectivity index (χ0v) is 24.7. The van der Waals surface area contributed by atoms with Crippen LogP contribution in [0, 0.1) is 0 Å². The van der Waals surface area contributed by atoms with Gasteiger partial charge in [0, 0.05) is 57.9 Å². The van der Waals surface area contributed by atoms with Gasteiger partial charge in [0.05, 0.1) is 18.0 Å². The highest BCUT2D eigenvalue weighted by molar-refractivity contribution is 6.36. The number of ether oxygens (including phenoxy) is 1. The Morgan fingerprint density at radius 2 is 1.93 bits per heavy atom. The molecule has 0 bridgehead atoms. The molecule has 11 nitrogen and oxygen atoms in total. The maximum Gasteiger partial charge on any atom is 0.416 e. The first kappa shape index (κ1) is 29.0. The molecule has 226 valence electrons. The molecule has 0 unspecified atom stereocenters. The third-order valence-electron chi connectivity index (χ3n) is 7.62. The van der Waals surface area contributed by atoms with E-state index in [-0.39, 0.29) is 22.4 Å². The van der Waals surface area contributed by atoms with E-state index in [9.17, 15) is 13.2 Å². The first-order valence-electron chi connectivity index (χ1n) is 13.6. The lowest BCUT2D eigenvalue weighted by molar-refractivity contribution is -0.137. The van der Waals surface area contributed by atoms with Crippen molar-refractivity contribution in [3.63, 3.8) is 0 Å². The van der Waals surface area contributed by atoms with Crippen molar-refractivity contribution >= 4 is 45.7 Å². The summed E-state index contributed by atoms with van der Waals surface area (Å²) in [5.41, 5.74) is 1.46. The van der Waals surface area contributed by atoms with Gasteiger partial charge in [0.1, 0.15) is 10.5 Å². The second kappa shape index (κ2) is 11.2. The Kier molecular flexibility index (Phi) is 7.52. The van der Waals surface area contributed by atoms with Gasteiger partial charge in [0.15, 0.2) is 28.5 Å². The number of fused-ring (bicyclic) bond motifs is 2. The average molecular weight is 615 g/mol. The topological polar surface area (TPSA) is 101 Å². The van der Waals surface area contributed by atoms with Crippen molar-refractivity contribution in [1.29, 1.82) is 0 Å². The molecule has 6 rings (SSSR count). The van der Waals surface area contributed by atoms with Crippen LogP contribution in [-0.2, 0) is 19.8 Å². The van der Waals surface area contributed by atoms with Crippen molar-refractivity contribution in [1.82, 2.24) is 38.9 Å². The number of nitrogens with zero attached hydrogens (tertiary/aromatic N) is 8. The highest BCUT2D eigenvalue weighted by atomic mass is 35.5. The van der Waals surface area contributed by atoms with E-state index in [1.807, 2.05) is 14.1 Å². The SMILES string of the molecule is CNc1nccn2ncc(Oc3cnc4nc(Nc5cc(CN6CC[C@@H](N(C)C)C6)cc(C(F)(F)F)c5)n(C)c4c3Cl)c12. The molecule has 0 radical (unpaired) electrons. The maximum absolute atomic E-state index is 13.9. The molecule has 0 saturated carbocycles. The number of hydrogen-bond acceptors (Lipinski definition) is 9. The van der Waals surface area contributed by atoms with Crippen molar-refractivity contribution in [2.75, 3.05) is 44.9 Å². The highest BCUT2D eigenvalue weighted by Gasteiger charge is 2.32. The third kappa shape index (κ3) is 5.65. The van der Waals surface area contributed by atoms with Gasteiger partial charge in [-0.15, -0.1) is 0 Å². The summed E-state index contributed by atoms with van der Waals surface area (Å²) in [5, 5.41) is 10.6. The number of imidazole rings is 1. The Bertz CT molecular complexity index is 1800. The molecule has 0 spiro atoms. The fraction of sp³-hybridized carbons (Fsp3) is 0.357. The van der Waals surface area contributed by atoms with E-state index in [0.717, 1.165) is 25.6 Å². The number of halogens is 4. The zero-order chi connectivity index (χ0) is 30.5. The van der Waals surface area contributed by atoms with Crippen LogP contribution >= 0.6 is 11.6 Å². The van der Waals surface area contributed by atoms with E-state index in [0.29, 0.717) is 46.4 Å². The number of rotatable bonds is 8. The standard InChI is InChI=1S/C28H30ClF3N10O/c1-33-25-23-21(13-36-42(23)8-6-34-25)43-20-12-35-26-24(22(20)29)40(4)27(38-26)37-18-10-16(9-17(11-18)28(30,31)32)14-41-7-5-19(15-41)39(2)3/h6,8-13,19H,5,7,14-15H2,1-4H3,(H,33,34)(H,35,37,38)/t19-/m1/s1. The monoisotopic (exact) mass is 614 g/mol. The number of aromatic nitrogens is 6. The Balaban J connectivity index is 1.30. The lowest BCUT2D eigenvalue weighted by Crippen LogP contribution is -2.31. The second-order valence-corrected chi connectivity index (χ2v) is 11.1. The normalized spacial score (nSPS) is 16.1. The lowest BCUT2D eigenvalue weighted by Gasteiger charge is -2.21. The minimum absolute atomic E-state index is 0.233. The molecular weight excluding hydrogens is 585 g/mol. The summed E-state index contributed by atoms with van der Waals surface area (Å²) in [6.07, 6.45) is 2.76. The molecule has 43 heavy (non-hydrogen) atoms. The summed E-state index contributed by atoms with van der Waals surface area (Å²) in [7, 11) is 7.48. The molecule has 0 aliphatic carbocycles. The molecule has 1 aliphatic rings. The number of nitrogens with one attached hydrogen (secondary N) is 2. The zero-order valence-electron chi connectivity index (χ0n) is 23.9. The number of alkyl halides is 3. The molecule has 5 aromatic rings. The van der Waals surface area contributed by atoms with Gasteiger partial charge in [-0.3, -0.25) is 4.90 Å². The number of benzene rings is 1. The van der Waals surface area contributed by atoms with Crippen molar-refractivity contribution in [3.05, 3.63) is 59.1 Å². The van der Waals surface area contributed by atoms with Gasteiger partial charge in [0.25, 0.3) is 0 Å². The van der Waals surface area contributed by atoms with Gasteiger partial charge in [0.2, 0.25) is 5.95 Å². The fourth-order valence-electron chi connectivity index (χ4n) is 5.37. The van der Waals surface area contributed by atoms with Crippen LogP contribution in [0.1, 0.15) is 17.5 Å². The van der Waals surface area contributed by atoms with Crippen molar-refractivity contribution in [2.45, 2.75) is 25.2 Å². The average Bonchev–Trinajstić information content (AvgIpc) is 3.68. The van der Waals surface area contributed by atoms with Crippen LogP contribution in [0.25, 0.3) is 16.7 Å². The molecule has 0 amide bonds. The van der Waals surface area contributed by atoms with Gasteiger partial charge in [-0.2, -0.15) is 23.3 Å². The number of hydrogen-bond donors (Lipinski definition) is 2. The summed E-state index contributed by atoms with van der Waals surface area (Å²) in [6, 6.07) is 4.39. The van der Waals surface area contributed by atoms with Crippen LogP contribution in [0.4, 0.5) is 30.6 Å². The largest absolute Gasteiger partial charge is 0.450 e. The summed E-state index contributed by atoms with van der Waals surface area (Å²) in [6.45, 7) is 2.03. The van der Waals surface area contributed by atoms with Crippen LogP contribution in [0.2, 0.25) is 5.02 Å². The van der Waals surface area contributed by atoms with Crippen LogP contribution in [0.5, 0.6) is 11.5 Å². The first-order valence-corrected chi connectivity index (χ1v) is 14.0. The number of pyridine rings is 1. The molecule has 1 saturated heterocycles. The predicted molar refractivity (Wildman–Crippen MR) is 158 cm³/mol. The Morgan fingerprint density at radius 3 is 2.65 bits per heavy atom. The van der Waals surface area contributed by atoms with Gasteiger partial charge in [-0.1, -0.05) is 11.6 Å². The van der Waals surface area contributed by atoms with Crippen LogP contribution in [0.15, 0.2) is 43.0 Å². The molecule has 4 aromatic heterocycles. The Hall–Kier alpha value is -4.14. The van der Waals surface area contributed by atoms with E-state index in [4.69, 9.17) is 16.3 Å². The van der Waals surface area contributed by atoms with Gasteiger partial charge in [-0.25, -0.2) is 14.5 Å². The minimum Gasteiger partial charge on any atom is -0.450 e. The third-order valence-corrected chi connectivity index (χ3v) is 7.98. The molecular formula is C28H30ClF3N10O. The lowest BCUT2D eigenvalue weighted by atomic mass is 10.1. The van der Waals surface area contributed by atoms with Gasteiger partial charge in [-0.05, 0) is 44.3 Å². The van der Waals surface area contributed by atoms with Crippen LogP contribution < -0.4 is 15.4 Å². The molecule has 2 N–H and O–H groups in total. The van der Waals surface area contributed by atoms with E-state index >= 15 is 0 Å². The smallest absolute Gasteiger partial charge is 0.416 e. The highest BCUT2D eigenvalue weighted by Crippen LogP contribution is 2.38. The number of anilines is 3. The Morgan fingerprint density at radius 1 is 1.12 bits per heavy atom. The van der Waals surface area contributed by atoms with Crippen molar-refractivity contribution in [3.8, 4) is 11.5 Å².